The maximum absolute atomic E-state index is 13.1. The number of nitrogens with two attached hydrogens (primary N) is 1. The lowest BCUT2D eigenvalue weighted by atomic mass is 10.3. The SMILES string of the molecule is NC(=O)[C@@H]1CN(S(=O)(=O)c2ccc([N+](=O)[O-])cc2)C=CCN1S(=O)(=O)c1ccc([N+](=O)[O-])cc1. The standard InChI is InChI=1S/C18H17N5O9S2/c19-18(24)17-12-20(33(29,30)15-6-2-13(3-7-15)22(25)26)10-1-11-21(17)34(31,32)16-8-4-14(5-9-16)23(27)28/h1-10,17H,11-12H2,(H2,19,24)/t17-/m0/s1. The van der Waals surface area contributed by atoms with Gasteiger partial charge in [0.05, 0.1) is 26.2 Å². The Kier molecular flexibility index (Phi) is 6.67. The van der Waals surface area contributed by atoms with Gasteiger partial charge in [0.1, 0.15) is 6.04 Å². The minimum absolute atomic E-state index is 0.322. The largest absolute Gasteiger partial charge is 0.368 e. The molecule has 1 heterocycles. The third kappa shape index (κ3) is 4.73. The zero-order valence-corrected chi connectivity index (χ0v) is 18.8. The summed E-state index contributed by atoms with van der Waals surface area (Å²) in [6.07, 6.45) is 2.26. The molecule has 14 nitrogen and oxygen atoms in total. The molecular formula is C18H17N5O9S2. The van der Waals surface area contributed by atoms with E-state index in [0.29, 0.717) is 4.31 Å². The Labute approximate surface area is 193 Å². The summed E-state index contributed by atoms with van der Waals surface area (Å²) in [6.45, 7) is -1.09. The molecule has 0 radical (unpaired) electrons. The Balaban J connectivity index is 1.95. The molecular weight excluding hydrogens is 494 g/mol. The minimum Gasteiger partial charge on any atom is -0.368 e. The molecule has 1 amide bonds. The van der Waals surface area contributed by atoms with Gasteiger partial charge in [0.25, 0.3) is 21.4 Å². The number of amides is 1. The minimum atomic E-state index is -4.41. The Morgan fingerprint density at radius 3 is 1.71 bits per heavy atom. The predicted molar refractivity (Wildman–Crippen MR) is 116 cm³/mol. The number of hydrogen-bond donors (Lipinski definition) is 1. The fourth-order valence-electron chi connectivity index (χ4n) is 3.14. The number of carbonyl (C=O) groups excluding carboxylic acids is 1. The first-order valence-electron chi connectivity index (χ1n) is 9.34. The van der Waals surface area contributed by atoms with Crippen LogP contribution in [-0.2, 0) is 24.8 Å². The van der Waals surface area contributed by atoms with Gasteiger partial charge in [-0.2, -0.15) is 4.31 Å². The number of primary amides is 1. The second kappa shape index (κ2) is 9.16. The number of non-ortho nitro benzene ring substituents is 2. The van der Waals surface area contributed by atoms with Gasteiger partial charge in [-0.25, -0.2) is 16.8 Å². The molecule has 16 heteroatoms. The van der Waals surface area contributed by atoms with Crippen molar-refractivity contribution in [1.29, 1.82) is 0 Å². The van der Waals surface area contributed by atoms with E-state index in [1.165, 1.54) is 6.08 Å². The number of rotatable bonds is 7. The van der Waals surface area contributed by atoms with Crippen LogP contribution in [0, 0.1) is 20.2 Å². The fraction of sp³-hybridized carbons (Fsp3) is 0.167. The van der Waals surface area contributed by atoms with Crippen molar-refractivity contribution in [2.75, 3.05) is 13.1 Å². The number of benzene rings is 2. The summed E-state index contributed by atoms with van der Waals surface area (Å²) in [5.41, 5.74) is 4.73. The van der Waals surface area contributed by atoms with Gasteiger partial charge in [-0.1, -0.05) is 6.08 Å². The third-order valence-corrected chi connectivity index (χ3v) is 8.54. The monoisotopic (exact) mass is 511 g/mol. The van der Waals surface area contributed by atoms with E-state index in [1.807, 2.05) is 0 Å². The fourth-order valence-corrected chi connectivity index (χ4v) is 6.02. The zero-order chi connectivity index (χ0) is 25.3. The molecule has 0 saturated carbocycles. The molecule has 1 aliphatic heterocycles. The summed E-state index contributed by atoms with van der Waals surface area (Å²) < 4.78 is 53.8. The topological polar surface area (TPSA) is 204 Å². The van der Waals surface area contributed by atoms with Crippen LogP contribution in [0.15, 0.2) is 70.6 Å². The number of carbonyl (C=O) groups is 1. The van der Waals surface area contributed by atoms with E-state index in [9.17, 15) is 41.9 Å². The first-order chi connectivity index (χ1) is 15.9. The molecule has 2 N–H and O–H groups in total. The molecule has 1 atom stereocenters. The van der Waals surface area contributed by atoms with Crippen LogP contribution in [0.4, 0.5) is 11.4 Å². The van der Waals surface area contributed by atoms with Crippen LogP contribution in [0.3, 0.4) is 0 Å². The highest BCUT2D eigenvalue weighted by Crippen LogP contribution is 2.26. The van der Waals surface area contributed by atoms with Gasteiger partial charge in [-0.3, -0.25) is 29.3 Å². The van der Waals surface area contributed by atoms with E-state index in [1.54, 1.807) is 0 Å². The normalized spacial score (nSPS) is 17.2. The van der Waals surface area contributed by atoms with Gasteiger partial charge < -0.3 is 5.73 Å². The predicted octanol–water partition coefficient (Wildman–Crippen LogP) is 0.566. The van der Waals surface area contributed by atoms with Gasteiger partial charge >= 0.3 is 0 Å². The maximum Gasteiger partial charge on any atom is 0.269 e. The Hall–Kier alpha value is -3.89. The highest BCUT2D eigenvalue weighted by molar-refractivity contribution is 7.89. The van der Waals surface area contributed by atoms with Gasteiger partial charge in [0.2, 0.25) is 15.9 Å². The van der Waals surface area contributed by atoms with Crippen molar-refractivity contribution in [2.45, 2.75) is 15.8 Å². The van der Waals surface area contributed by atoms with Gasteiger partial charge in [-0.15, -0.1) is 0 Å². The summed E-state index contributed by atoms with van der Waals surface area (Å²) >= 11 is 0. The smallest absolute Gasteiger partial charge is 0.269 e. The Bertz CT molecular complexity index is 1370. The average Bonchev–Trinajstić information content (AvgIpc) is 3.03. The molecule has 0 aliphatic carbocycles. The van der Waals surface area contributed by atoms with Crippen molar-refractivity contribution in [3.8, 4) is 0 Å². The van der Waals surface area contributed by atoms with Gasteiger partial charge in [0, 0.05) is 37.0 Å². The molecule has 34 heavy (non-hydrogen) atoms. The van der Waals surface area contributed by atoms with E-state index in [0.717, 1.165) is 59.0 Å². The lowest BCUT2D eigenvalue weighted by Gasteiger charge is -2.29. The molecule has 0 unspecified atom stereocenters. The summed E-state index contributed by atoms with van der Waals surface area (Å²) in [5, 5.41) is 21.6. The van der Waals surface area contributed by atoms with Crippen molar-refractivity contribution in [2.24, 2.45) is 5.73 Å². The molecule has 0 bridgehead atoms. The molecule has 180 valence electrons. The van der Waals surface area contributed by atoms with Crippen LogP contribution in [0.1, 0.15) is 0 Å². The second-order valence-corrected chi connectivity index (χ2v) is 10.7. The first-order valence-corrected chi connectivity index (χ1v) is 12.2. The lowest BCUT2D eigenvalue weighted by molar-refractivity contribution is -0.385. The van der Waals surface area contributed by atoms with E-state index < -0.39 is 54.9 Å². The van der Waals surface area contributed by atoms with Crippen LogP contribution >= 0.6 is 0 Å². The summed E-state index contributed by atoms with van der Waals surface area (Å²) in [7, 11) is -8.73. The average molecular weight is 511 g/mol. The summed E-state index contributed by atoms with van der Waals surface area (Å²) in [4.78, 5) is 31.7. The van der Waals surface area contributed by atoms with Crippen LogP contribution in [0.2, 0.25) is 0 Å². The molecule has 0 fully saturated rings. The molecule has 1 aliphatic rings. The summed E-state index contributed by atoms with van der Waals surface area (Å²) in [6, 6.07) is 6.32. The molecule has 0 aromatic heterocycles. The third-order valence-electron chi connectivity index (χ3n) is 4.89. The van der Waals surface area contributed by atoms with Crippen LogP contribution in [0.5, 0.6) is 0 Å². The highest BCUT2D eigenvalue weighted by atomic mass is 32.2. The van der Waals surface area contributed by atoms with Crippen LogP contribution < -0.4 is 5.73 Å². The van der Waals surface area contributed by atoms with Crippen molar-refractivity contribution >= 4 is 37.3 Å². The number of sulfonamides is 2. The lowest BCUT2D eigenvalue weighted by Crippen LogP contribution is -2.52. The van der Waals surface area contributed by atoms with Gasteiger partial charge in [-0.05, 0) is 24.3 Å². The maximum atomic E-state index is 13.1. The quantitative estimate of drug-likeness (QED) is 0.407. The first kappa shape index (κ1) is 24.7. The Morgan fingerprint density at radius 2 is 1.29 bits per heavy atom. The molecule has 3 rings (SSSR count). The number of hydrogen-bond acceptors (Lipinski definition) is 9. The number of nitrogens with zero attached hydrogens (tertiary/aromatic N) is 4. The van der Waals surface area contributed by atoms with E-state index >= 15 is 0 Å². The van der Waals surface area contributed by atoms with Crippen molar-refractivity contribution in [1.82, 2.24) is 8.61 Å². The van der Waals surface area contributed by atoms with Crippen LogP contribution in [-0.4, -0.2) is 60.3 Å². The highest BCUT2D eigenvalue weighted by Gasteiger charge is 2.39. The molecule has 0 saturated heterocycles. The van der Waals surface area contributed by atoms with Gasteiger partial charge in [0.15, 0.2) is 0 Å². The van der Waals surface area contributed by atoms with E-state index in [4.69, 9.17) is 5.73 Å². The second-order valence-electron chi connectivity index (χ2n) is 6.95. The zero-order valence-electron chi connectivity index (χ0n) is 17.1. The van der Waals surface area contributed by atoms with Crippen LogP contribution in [0.25, 0.3) is 0 Å². The van der Waals surface area contributed by atoms with Crippen molar-refractivity contribution in [3.05, 3.63) is 81.0 Å². The van der Waals surface area contributed by atoms with E-state index in [2.05, 4.69) is 0 Å². The Morgan fingerprint density at radius 1 is 0.853 bits per heavy atom. The van der Waals surface area contributed by atoms with E-state index in [-0.39, 0.29) is 21.2 Å². The molecule has 2 aromatic rings. The summed E-state index contributed by atoms with van der Waals surface area (Å²) in [5.74, 6) is -1.13. The molecule has 2 aromatic carbocycles. The van der Waals surface area contributed by atoms with Crippen molar-refractivity contribution < 1.29 is 31.5 Å². The number of nitro benzene ring substituents is 2. The molecule has 0 spiro atoms. The number of nitro groups is 2. The van der Waals surface area contributed by atoms with Crippen molar-refractivity contribution in [3.63, 3.8) is 0 Å².